The fourth-order valence-corrected chi connectivity index (χ4v) is 5.36. The maximum atomic E-state index is 13.2. The van der Waals surface area contributed by atoms with Gasteiger partial charge in [-0.3, -0.25) is 19.3 Å². The molecular weight excluding hydrogens is 444 g/mol. The normalized spacial score (nSPS) is 20.7. The molecule has 176 valence electrons. The van der Waals surface area contributed by atoms with E-state index in [-0.39, 0.29) is 34.5 Å². The van der Waals surface area contributed by atoms with Crippen molar-refractivity contribution in [3.63, 3.8) is 0 Å². The van der Waals surface area contributed by atoms with Crippen LogP contribution in [0.4, 0.5) is 0 Å². The van der Waals surface area contributed by atoms with E-state index in [2.05, 4.69) is 15.0 Å². The zero-order valence-corrected chi connectivity index (χ0v) is 19.5. The van der Waals surface area contributed by atoms with Gasteiger partial charge in [0.05, 0.1) is 16.7 Å². The predicted molar refractivity (Wildman–Crippen MR) is 122 cm³/mol. The van der Waals surface area contributed by atoms with Gasteiger partial charge in [0.1, 0.15) is 18.1 Å². The van der Waals surface area contributed by atoms with Gasteiger partial charge in [-0.2, -0.15) is 0 Å². The van der Waals surface area contributed by atoms with Crippen LogP contribution in [0.5, 0.6) is 0 Å². The highest BCUT2D eigenvalue weighted by atomic mass is 32.2. The van der Waals surface area contributed by atoms with Crippen molar-refractivity contribution in [2.75, 3.05) is 13.1 Å². The lowest BCUT2D eigenvalue weighted by Crippen LogP contribution is -2.49. The Balaban J connectivity index is 1.44. The molecule has 33 heavy (non-hydrogen) atoms. The third-order valence-corrected chi connectivity index (χ3v) is 7.68. The van der Waals surface area contributed by atoms with Crippen LogP contribution in [0.3, 0.4) is 0 Å². The Kier molecular flexibility index (Phi) is 6.55. The molecule has 0 radical (unpaired) electrons. The number of furan rings is 1. The van der Waals surface area contributed by atoms with Gasteiger partial charge in [-0.15, -0.1) is 0 Å². The summed E-state index contributed by atoms with van der Waals surface area (Å²) in [4.78, 5) is 32.2. The number of hydrogen-bond acceptors (Lipinski definition) is 6. The maximum Gasteiger partial charge on any atom is 0.263 e. The summed E-state index contributed by atoms with van der Waals surface area (Å²) < 4.78 is 32.3. The molecule has 4 rings (SSSR count). The van der Waals surface area contributed by atoms with Crippen LogP contribution in [0.1, 0.15) is 49.0 Å². The molecule has 1 aromatic heterocycles. The van der Waals surface area contributed by atoms with E-state index in [0.717, 1.165) is 0 Å². The fraction of sp³-hybridized carbons (Fsp3) is 0.435. The summed E-state index contributed by atoms with van der Waals surface area (Å²) in [5.41, 5.74) is 0.995. The minimum absolute atomic E-state index is 0.0785. The standard InChI is InChI=1S/C23H28N4O5S/c1-3-15(2)20(25-21-18-6-4-5-7-19(18)33(30,31)26-21)22(28)24-17-8-11-27(12-9-17)23(29)16-10-13-32-14-16/h4-7,10,13-15,17,20H,3,8-9,11-12H2,1-2H3,(H,24,28)(H,25,26)/t15-,20-/m0/s1. The summed E-state index contributed by atoms with van der Waals surface area (Å²) in [7, 11) is -3.68. The molecular formula is C23H28N4O5S. The Morgan fingerprint density at radius 3 is 2.64 bits per heavy atom. The molecule has 2 aliphatic heterocycles. The Bertz CT molecular complexity index is 1150. The average Bonchev–Trinajstić information content (AvgIpc) is 3.44. The fourth-order valence-electron chi connectivity index (χ4n) is 4.12. The van der Waals surface area contributed by atoms with E-state index in [1.807, 2.05) is 13.8 Å². The summed E-state index contributed by atoms with van der Waals surface area (Å²) in [6.45, 7) is 4.96. The molecule has 9 nitrogen and oxygen atoms in total. The molecule has 2 aromatic rings. The Labute approximate surface area is 193 Å². The number of carbonyl (C=O) groups excluding carboxylic acids is 2. The van der Waals surface area contributed by atoms with Crippen molar-refractivity contribution >= 4 is 27.7 Å². The van der Waals surface area contributed by atoms with Gasteiger partial charge in [-0.1, -0.05) is 32.4 Å². The van der Waals surface area contributed by atoms with Crippen molar-refractivity contribution in [3.05, 3.63) is 54.0 Å². The van der Waals surface area contributed by atoms with Crippen molar-refractivity contribution in [1.82, 2.24) is 14.9 Å². The van der Waals surface area contributed by atoms with Crippen LogP contribution in [0.25, 0.3) is 0 Å². The molecule has 2 atom stereocenters. The van der Waals surface area contributed by atoms with Gasteiger partial charge in [0.25, 0.3) is 15.9 Å². The van der Waals surface area contributed by atoms with Crippen LogP contribution in [0.15, 0.2) is 57.2 Å². The quantitative estimate of drug-likeness (QED) is 0.667. The van der Waals surface area contributed by atoms with Crippen molar-refractivity contribution in [2.24, 2.45) is 10.9 Å². The Morgan fingerprint density at radius 2 is 1.97 bits per heavy atom. The van der Waals surface area contributed by atoms with Crippen LogP contribution >= 0.6 is 0 Å². The summed E-state index contributed by atoms with van der Waals surface area (Å²) in [6.07, 6.45) is 4.88. The number of likely N-dealkylation sites (tertiary alicyclic amines) is 1. The van der Waals surface area contributed by atoms with E-state index in [9.17, 15) is 18.0 Å². The van der Waals surface area contributed by atoms with Gasteiger partial charge in [0.15, 0.2) is 0 Å². The second kappa shape index (κ2) is 9.38. The van der Waals surface area contributed by atoms with Crippen LogP contribution in [-0.4, -0.2) is 56.1 Å². The highest BCUT2D eigenvalue weighted by Crippen LogP contribution is 2.24. The monoisotopic (exact) mass is 472 g/mol. The van der Waals surface area contributed by atoms with Crippen LogP contribution in [0, 0.1) is 5.92 Å². The Morgan fingerprint density at radius 1 is 1.24 bits per heavy atom. The first kappa shape index (κ1) is 23.0. The third-order valence-electron chi connectivity index (χ3n) is 6.28. The van der Waals surface area contributed by atoms with Crippen molar-refractivity contribution in [2.45, 2.75) is 50.1 Å². The largest absolute Gasteiger partial charge is 0.472 e. The topological polar surface area (TPSA) is 121 Å². The molecule has 1 aromatic carbocycles. The summed E-state index contributed by atoms with van der Waals surface area (Å²) in [5.74, 6) is -0.200. The number of benzene rings is 1. The first-order chi connectivity index (χ1) is 15.8. The zero-order valence-electron chi connectivity index (χ0n) is 18.7. The summed E-state index contributed by atoms with van der Waals surface area (Å²) in [6, 6.07) is 7.44. The van der Waals surface area contributed by atoms with E-state index >= 15 is 0 Å². The molecule has 10 heteroatoms. The first-order valence-electron chi connectivity index (χ1n) is 11.1. The van der Waals surface area contributed by atoms with E-state index in [1.165, 1.54) is 18.6 Å². The van der Waals surface area contributed by atoms with Gasteiger partial charge < -0.3 is 14.6 Å². The van der Waals surface area contributed by atoms with Gasteiger partial charge in [-0.25, -0.2) is 8.42 Å². The number of carbonyl (C=O) groups is 2. The Hall–Kier alpha value is -3.14. The van der Waals surface area contributed by atoms with E-state index in [4.69, 9.17) is 4.42 Å². The number of fused-ring (bicyclic) bond motifs is 1. The molecule has 0 aliphatic carbocycles. The number of nitrogens with zero attached hydrogens (tertiary/aromatic N) is 2. The highest BCUT2D eigenvalue weighted by Gasteiger charge is 2.34. The smallest absolute Gasteiger partial charge is 0.263 e. The first-order valence-corrected chi connectivity index (χ1v) is 12.6. The lowest BCUT2D eigenvalue weighted by molar-refractivity contribution is -0.124. The molecule has 3 heterocycles. The molecule has 1 saturated heterocycles. The van der Waals surface area contributed by atoms with Gasteiger partial charge in [0.2, 0.25) is 5.91 Å². The highest BCUT2D eigenvalue weighted by molar-refractivity contribution is 7.90. The van der Waals surface area contributed by atoms with Crippen molar-refractivity contribution < 1.29 is 22.4 Å². The third kappa shape index (κ3) is 4.80. The molecule has 2 aliphatic rings. The van der Waals surface area contributed by atoms with E-state index < -0.39 is 16.1 Å². The van der Waals surface area contributed by atoms with Crippen molar-refractivity contribution in [1.29, 1.82) is 0 Å². The van der Waals surface area contributed by atoms with E-state index in [1.54, 1.807) is 29.2 Å². The molecule has 0 bridgehead atoms. The second-order valence-corrected chi connectivity index (χ2v) is 10.1. The number of piperidine rings is 1. The number of hydrogen-bond donors (Lipinski definition) is 2. The van der Waals surface area contributed by atoms with Gasteiger partial charge >= 0.3 is 0 Å². The number of sulfonamides is 1. The number of rotatable bonds is 6. The minimum atomic E-state index is -3.68. The molecule has 0 spiro atoms. The van der Waals surface area contributed by atoms with Crippen LogP contribution < -0.4 is 10.0 Å². The number of amidine groups is 1. The summed E-state index contributed by atoms with van der Waals surface area (Å²) in [5, 5.41) is 3.07. The summed E-state index contributed by atoms with van der Waals surface area (Å²) >= 11 is 0. The number of aliphatic imine (C=N–C) groups is 1. The molecule has 2 amide bonds. The zero-order chi connectivity index (χ0) is 23.6. The average molecular weight is 473 g/mol. The second-order valence-electron chi connectivity index (χ2n) is 8.50. The number of nitrogens with one attached hydrogen (secondary N) is 2. The van der Waals surface area contributed by atoms with Gasteiger partial charge in [0, 0.05) is 24.7 Å². The molecule has 2 N–H and O–H groups in total. The SMILES string of the molecule is CC[C@H](C)[C@H](N=C1NS(=O)(=O)c2ccccc21)C(=O)NC1CCN(C(=O)c2ccoc2)CC1. The van der Waals surface area contributed by atoms with Crippen molar-refractivity contribution in [3.8, 4) is 0 Å². The molecule has 0 saturated carbocycles. The lowest BCUT2D eigenvalue weighted by Gasteiger charge is -2.33. The molecule has 1 fully saturated rings. The van der Waals surface area contributed by atoms with Crippen LogP contribution in [0.2, 0.25) is 0 Å². The molecule has 0 unspecified atom stereocenters. The van der Waals surface area contributed by atoms with Crippen LogP contribution in [-0.2, 0) is 14.8 Å². The number of amides is 2. The minimum Gasteiger partial charge on any atom is -0.472 e. The van der Waals surface area contributed by atoms with E-state index in [0.29, 0.717) is 43.5 Å². The maximum absolute atomic E-state index is 13.2. The van der Waals surface area contributed by atoms with Gasteiger partial charge in [-0.05, 0) is 37.0 Å². The predicted octanol–water partition coefficient (Wildman–Crippen LogP) is 2.15. The lowest BCUT2D eigenvalue weighted by atomic mass is 9.97.